The Kier molecular flexibility index (Phi) is 4.45. The average molecular weight is 286 g/mol. The second kappa shape index (κ2) is 6.47. The molecule has 21 heavy (non-hydrogen) atoms. The van der Waals surface area contributed by atoms with Gasteiger partial charge in [0.2, 0.25) is 0 Å². The molecule has 0 aliphatic rings. The van der Waals surface area contributed by atoms with E-state index in [9.17, 15) is 9.59 Å². The van der Waals surface area contributed by atoms with Crippen LogP contribution in [-0.4, -0.2) is 28.5 Å². The molecule has 0 unspecified atom stereocenters. The van der Waals surface area contributed by atoms with E-state index in [2.05, 4.69) is 27.4 Å². The predicted molar refractivity (Wildman–Crippen MR) is 76.0 cm³/mol. The van der Waals surface area contributed by atoms with Crippen LogP contribution in [0.15, 0.2) is 41.6 Å². The fourth-order valence-corrected chi connectivity index (χ4v) is 1.57. The van der Waals surface area contributed by atoms with Crippen LogP contribution in [0.5, 0.6) is 0 Å². The zero-order chi connectivity index (χ0) is 15.2. The van der Waals surface area contributed by atoms with E-state index < -0.39 is 5.91 Å². The highest BCUT2D eigenvalue weighted by molar-refractivity contribution is 6.04. The lowest BCUT2D eigenvalue weighted by Gasteiger charge is -2.04. The van der Waals surface area contributed by atoms with Gasteiger partial charge in [-0.25, -0.2) is 0 Å². The normalized spacial score (nSPS) is 9.95. The maximum Gasteiger partial charge on any atom is 0.275 e. The highest BCUT2D eigenvalue weighted by Gasteiger charge is 2.13. The van der Waals surface area contributed by atoms with Crippen molar-refractivity contribution in [1.82, 2.24) is 15.5 Å². The third-order valence-electron chi connectivity index (χ3n) is 2.53. The average Bonchev–Trinajstić information content (AvgIpc) is 2.90. The summed E-state index contributed by atoms with van der Waals surface area (Å²) in [5.74, 6) is 0.0990. The lowest BCUT2D eigenvalue weighted by molar-refractivity contribution is 0.0958. The van der Waals surface area contributed by atoms with E-state index in [4.69, 9.17) is 4.52 Å². The first-order valence-electron chi connectivity index (χ1n) is 6.20. The van der Waals surface area contributed by atoms with Gasteiger partial charge >= 0.3 is 0 Å². The molecular weight excluding hydrogens is 272 g/mol. The number of amides is 2. The summed E-state index contributed by atoms with van der Waals surface area (Å²) in [6.45, 7) is 5.58. The first-order chi connectivity index (χ1) is 10.1. The molecule has 0 atom stereocenters. The van der Waals surface area contributed by atoms with Gasteiger partial charge in [0, 0.05) is 24.4 Å². The van der Waals surface area contributed by atoms with Gasteiger partial charge in [0.25, 0.3) is 11.8 Å². The molecule has 2 rings (SSSR count). The number of rotatable bonds is 5. The van der Waals surface area contributed by atoms with E-state index in [1.54, 1.807) is 19.1 Å². The Bertz CT molecular complexity index is 678. The monoisotopic (exact) mass is 286 g/mol. The Balaban J connectivity index is 2.11. The van der Waals surface area contributed by atoms with E-state index in [1.807, 2.05) is 0 Å². The minimum atomic E-state index is -0.471. The van der Waals surface area contributed by atoms with Gasteiger partial charge in [-0.3, -0.25) is 14.6 Å². The Hall–Kier alpha value is -2.96. The van der Waals surface area contributed by atoms with Crippen LogP contribution in [0.25, 0.3) is 0 Å². The second-order valence-corrected chi connectivity index (χ2v) is 4.21. The van der Waals surface area contributed by atoms with Crippen LogP contribution in [-0.2, 0) is 0 Å². The Morgan fingerprint density at radius 2 is 2.19 bits per heavy atom. The third kappa shape index (κ3) is 3.75. The zero-order valence-electron chi connectivity index (χ0n) is 11.4. The second-order valence-electron chi connectivity index (χ2n) is 4.21. The summed E-state index contributed by atoms with van der Waals surface area (Å²) < 4.78 is 4.85. The quantitative estimate of drug-likeness (QED) is 0.813. The van der Waals surface area contributed by atoms with Crippen molar-refractivity contribution in [3.8, 4) is 0 Å². The highest BCUT2D eigenvalue weighted by atomic mass is 16.5. The summed E-state index contributed by atoms with van der Waals surface area (Å²) in [5, 5.41) is 8.81. The number of nitrogens with one attached hydrogen (secondary N) is 2. The number of nitrogens with zero attached hydrogens (tertiary/aromatic N) is 2. The predicted octanol–water partition coefficient (Wildman–Crippen LogP) is 1.55. The van der Waals surface area contributed by atoms with E-state index in [0.29, 0.717) is 23.7 Å². The molecule has 0 spiro atoms. The molecule has 2 amide bonds. The smallest absolute Gasteiger partial charge is 0.275 e. The van der Waals surface area contributed by atoms with Gasteiger partial charge in [-0.05, 0) is 19.1 Å². The molecule has 0 bridgehead atoms. The van der Waals surface area contributed by atoms with Crippen molar-refractivity contribution in [2.24, 2.45) is 0 Å². The van der Waals surface area contributed by atoms with Crippen LogP contribution in [0.2, 0.25) is 0 Å². The molecule has 2 N–H and O–H groups in total. The topological polar surface area (TPSA) is 97.1 Å². The number of hydrogen-bond acceptors (Lipinski definition) is 5. The molecule has 108 valence electrons. The summed E-state index contributed by atoms with van der Waals surface area (Å²) in [6, 6.07) is 4.51. The molecule has 0 fully saturated rings. The molecule has 0 radical (unpaired) electrons. The van der Waals surface area contributed by atoms with Crippen molar-refractivity contribution >= 4 is 17.6 Å². The van der Waals surface area contributed by atoms with Gasteiger partial charge < -0.3 is 15.2 Å². The Morgan fingerprint density at radius 1 is 1.38 bits per heavy atom. The number of hydrogen-bond donors (Lipinski definition) is 2. The van der Waals surface area contributed by atoms with Gasteiger partial charge in [0.1, 0.15) is 11.5 Å². The fraction of sp³-hybridized carbons (Fsp3) is 0.143. The van der Waals surface area contributed by atoms with E-state index >= 15 is 0 Å². The van der Waals surface area contributed by atoms with Gasteiger partial charge in [-0.15, -0.1) is 6.58 Å². The summed E-state index contributed by atoms with van der Waals surface area (Å²) in [4.78, 5) is 27.7. The molecule has 0 saturated heterocycles. The number of anilines is 1. The van der Waals surface area contributed by atoms with E-state index in [1.165, 1.54) is 18.3 Å². The first kappa shape index (κ1) is 14.4. The van der Waals surface area contributed by atoms with Crippen molar-refractivity contribution < 1.29 is 14.1 Å². The number of carbonyl (C=O) groups is 2. The largest absolute Gasteiger partial charge is 0.360 e. The SMILES string of the molecule is C=CCNC(=O)c1ccnc(C(=O)Nc2cc(C)on2)c1. The summed E-state index contributed by atoms with van der Waals surface area (Å²) in [6.07, 6.45) is 2.96. The maximum atomic E-state index is 12.0. The minimum absolute atomic E-state index is 0.113. The molecule has 0 saturated carbocycles. The van der Waals surface area contributed by atoms with E-state index in [0.717, 1.165) is 0 Å². The maximum absolute atomic E-state index is 12.0. The number of carbonyl (C=O) groups excluding carboxylic acids is 2. The van der Waals surface area contributed by atoms with Crippen LogP contribution in [0.4, 0.5) is 5.82 Å². The molecule has 2 heterocycles. The van der Waals surface area contributed by atoms with Crippen LogP contribution in [0.1, 0.15) is 26.6 Å². The Morgan fingerprint density at radius 3 is 2.86 bits per heavy atom. The molecule has 0 aliphatic carbocycles. The van der Waals surface area contributed by atoms with Crippen LogP contribution >= 0.6 is 0 Å². The van der Waals surface area contributed by atoms with Crippen molar-refractivity contribution in [2.75, 3.05) is 11.9 Å². The van der Waals surface area contributed by atoms with Crippen LogP contribution < -0.4 is 10.6 Å². The molecule has 2 aromatic rings. The first-order valence-corrected chi connectivity index (χ1v) is 6.20. The van der Waals surface area contributed by atoms with Crippen LogP contribution in [0, 0.1) is 6.92 Å². The number of aryl methyl sites for hydroxylation is 1. The molecular formula is C14H14N4O3. The molecule has 7 nitrogen and oxygen atoms in total. The lowest BCUT2D eigenvalue weighted by Crippen LogP contribution is -2.24. The number of aromatic nitrogens is 2. The van der Waals surface area contributed by atoms with Gasteiger partial charge in [-0.1, -0.05) is 11.2 Å². The molecule has 2 aromatic heterocycles. The van der Waals surface area contributed by atoms with Crippen molar-refractivity contribution in [1.29, 1.82) is 0 Å². The van der Waals surface area contributed by atoms with E-state index in [-0.39, 0.29) is 11.6 Å². The highest BCUT2D eigenvalue weighted by Crippen LogP contribution is 2.09. The minimum Gasteiger partial charge on any atom is -0.360 e. The molecule has 7 heteroatoms. The van der Waals surface area contributed by atoms with Crippen molar-refractivity contribution in [2.45, 2.75) is 6.92 Å². The molecule has 0 aliphatic heterocycles. The van der Waals surface area contributed by atoms with Gasteiger partial charge in [0.05, 0.1) is 0 Å². The van der Waals surface area contributed by atoms with Crippen molar-refractivity contribution in [3.63, 3.8) is 0 Å². The van der Waals surface area contributed by atoms with Crippen LogP contribution in [0.3, 0.4) is 0 Å². The summed E-state index contributed by atoms with van der Waals surface area (Å²) >= 11 is 0. The molecule has 0 aromatic carbocycles. The number of pyridine rings is 1. The van der Waals surface area contributed by atoms with Crippen molar-refractivity contribution in [3.05, 3.63) is 54.1 Å². The zero-order valence-corrected chi connectivity index (χ0v) is 11.4. The fourth-order valence-electron chi connectivity index (χ4n) is 1.57. The summed E-state index contributed by atoms with van der Waals surface area (Å²) in [7, 11) is 0. The Labute approximate surface area is 121 Å². The van der Waals surface area contributed by atoms with Gasteiger partial charge in [-0.2, -0.15) is 0 Å². The van der Waals surface area contributed by atoms with Gasteiger partial charge in [0.15, 0.2) is 5.82 Å². The third-order valence-corrected chi connectivity index (χ3v) is 2.53. The lowest BCUT2D eigenvalue weighted by atomic mass is 10.2. The standard InChI is InChI=1S/C14H14N4O3/c1-3-5-16-13(19)10-4-6-15-11(8-10)14(20)17-12-7-9(2)21-18-12/h3-4,6-8H,1,5H2,2H3,(H,16,19)(H,17,18,20). The summed E-state index contributed by atoms with van der Waals surface area (Å²) in [5.41, 5.74) is 0.454.